The van der Waals surface area contributed by atoms with Gasteiger partial charge in [-0.3, -0.25) is 4.79 Å². The minimum absolute atomic E-state index is 0.112. The van der Waals surface area contributed by atoms with Gasteiger partial charge in [0, 0.05) is 5.56 Å². The lowest BCUT2D eigenvalue weighted by Gasteiger charge is -2.08. The molecular formula is C15H15FO2. The van der Waals surface area contributed by atoms with Crippen LogP contribution in [0.2, 0.25) is 0 Å². The van der Waals surface area contributed by atoms with E-state index in [1.54, 1.807) is 33.8 Å². The maximum absolute atomic E-state index is 13.2. The van der Waals surface area contributed by atoms with Crippen molar-refractivity contribution in [2.75, 3.05) is 0 Å². The molecule has 0 radical (unpaired) electrons. The minimum atomic E-state index is -0.318. The maximum Gasteiger partial charge on any atom is 0.197 e. The third-order valence-electron chi connectivity index (χ3n) is 3.01. The van der Waals surface area contributed by atoms with E-state index in [9.17, 15) is 9.18 Å². The highest BCUT2D eigenvalue weighted by molar-refractivity contribution is 6.11. The van der Waals surface area contributed by atoms with Crippen LogP contribution in [-0.4, -0.2) is 5.78 Å². The van der Waals surface area contributed by atoms with E-state index in [0.717, 1.165) is 0 Å². The molecule has 1 aromatic carbocycles. The first-order valence-corrected chi connectivity index (χ1v) is 5.78. The van der Waals surface area contributed by atoms with Crippen molar-refractivity contribution in [1.82, 2.24) is 0 Å². The van der Waals surface area contributed by atoms with E-state index in [2.05, 4.69) is 0 Å². The van der Waals surface area contributed by atoms with Crippen molar-refractivity contribution in [3.8, 4) is 0 Å². The van der Waals surface area contributed by atoms with Gasteiger partial charge >= 0.3 is 0 Å². The molecule has 1 heterocycles. The van der Waals surface area contributed by atoms with Crippen LogP contribution in [0.5, 0.6) is 0 Å². The number of benzene rings is 1. The number of hydrogen-bond acceptors (Lipinski definition) is 2. The lowest BCUT2D eigenvalue weighted by molar-refractivity contribution is 0.103. The van der Waals surface area contributed by atoms with Crippen molar-refractivity contribution in [3.05, 3.63) is 57.8 Å². The summed E-state index contributed by atoms with van der Waals surface area (Å²) >= 11 is 0. The zero-order chi connectivity index (χ0) is 13.4. The molecular weight excluding hydrogens is 231 g/mol. The average molecular weight is 246 g/mol. The topological polar surface area (TPSA) is 30.2 Å². The molecule has 1 aromatic heterocycles. The molecule has 0 spiro atoms. The Kier molecular flexibility index (Phi) is 3.07. The number of carbonyl (C=O) groups is 1. The predicted octanol–water partition coefficient (Wildman–Crippen LogP) is 3.88. The van der Waals surface area contributed by atoms with Crippen LogP contribution < -0.4 is 0 Å². The van der Waals surface area contributed by atoms with Gasteiger partial charge in [-0.1, -0.05) is 0 Å². The minimum Gasteiger partial charge on any atom is -0.466 e. The normalized spacial score (nSPS) is 10.7. The molecule has 2 aromatic rings. The number of hydrogen-bond donors (Lipinski definition) is 0. The molecule has 18 heavy (non-hydrogen) atoms. The van der Waals surface area contributed by atoms with Crippen LogP contribution in [-0.2, 0) is 0 Å². The summed E-state index contributed by atoms with van der Waals surface area (Å²) in [5.74, 6) is 0.870. The van der Waals surface area contributed by atoms with Gasteiger partial charge in [0.1, 0.15) is 17.3 Å². The van der Waals surface area contributed by atoms with E-state index in [0.29, 0.717) is 33.8 Å². The Balaban J connectivity index is 2.56. The van der Waals surface area contributed by atoms with Gasteiger partial charge in [0.05, 0.1) is 5.56 Å². The Labute approximate surface area is 105 Å². The Morgan fingerprint density at radius 3 is 2.06 bits per heavy atom. The second-order valence-electron chi connectivity index (χ2n) is 4.57. The fourth-order valence-corrected chi connectivity index (χ4v) is 2.26. The highest BCUT2D eigenvalue weighted by atomic mass is 19.1. The number of rotatable bonds is 2. The first-order valence-electron chi connectivity index (χ1n) is 5.78. The van der Waals surface area contributed by atoms with E-state index in [1.165, 1.54) is 12.1 Å². The Morgan fingerprint density at radius 2 is 1.61 bits per heavy atom. The van der Waals surface area contributed by atoms with Gasteiger partial charge in [0.2, 0.25) is 0 Å². The summed E-state index contributed by atoms with van der Waals surface area (Å²) < 4.78 is 18.6. The monoisotopic (exact) mass is 246 g/mol. The van der Waals surface area contributed by atoms with Gasteiger partial charge in [0.25, 0.3) is 0 Å². The quantitative estimate of drug-likeness (QED) is 0.753. The molecule has 0 unspecified atom stereocenters. The third-order valence-corrected chi connectivity index (χ3v) is 3.01. The van der Waals surface area contributed by atoms with Crippen molar-refractivity contribution in [2.24, 2.45) is 0 Å². The van der Waals surface area contributed by atoms with Gasteiger partial charge in [-0.25, -0.2) is 4.39 Å². The lowest BCUT2D eigenvalue weighted by Crippen LogP contribution is -2.07. The van der Waals surface area contributed by atoms with Crippen LogP contribution in [0.4, 0.5) is 4.39 Å². The van der Waals surface area contributed by atoms with Gasteiger partial charge in [-0.2, -0.15) is 0 Å². The summed E-state index contributed by atoms with van der Waals surface area (Å²) in [6.07, 6.45) is 0. The number of ketones is 1. The Bertz CT molecular complexity index is 600. The predicted molar refractivity (Wildman–Crippen MR) is 67.5 cm³/mol. The van der Waals surface area contributed by atoms with Crippen LogP contribution >= 0.6 is 0 Å². The number of aryl methyl sites for hydroxylation is 4. The summed E-state index contributed by atoms with van der Waals surface area (Å²) in [6.45, 7) is 7.04. The zero-order valence-corrected chi connectivity index (χ0v) is 10.9. The standard InChI is InChI=1S/C15H15FO2/c1-8-5-12(16)6-9(2)14(8)15(17)13-7-10(3)18-11(13)4/h5-7H,1-4H3. The van der Waals surface area contributed by atoms with Crippen molar-refractivity contribution >= 4 is 5.78 Å². The van der Waals surface area contributed by atoms with E-state index < -0.39 is 0 Å². The van der Waals surface area contributed by atoms with Gasteiger partial charge in [0.15, 0.2) is 5.78 Å². The Hall–Kier alpha value is -1.90. The lowest BCUT2D eigenvalue weighted by atomic mass is 9.95. The van der Waals surface area contributed by atoms with Crippen LogP contribution in [0.25, 0.3) is 0 Å². The molecule has 0 bridgehead atoms. The van der Waals surface area contributed by atoms with Crippen molar-refractivity contribution in [3.63, 3.8) is 0 Å². The van der Waals surface area contributed by atoms with Gasteiger partial charge < -0.3 is 4.42 Å². The molecule has 0 fully saturated rings. The van der Waals surface area contributed by atoms with E-state index in [1.807, 2.05) is 0 Å². The van der Waals surface area contributed by atoms with Crippen molar-refractivity contribution in [1.29, 1.82) is 0 Å². The molecule has 0 saturated heterocycles. The zero-order valence-electron chi connectivity index (χ0n) is 10.9. The Morgan fingerprint density at radius 1 is 1.06 bits per heavy atom. The summed E-state index contributed by atoms with van der Waals surface area (Å²) in [5, 5.41) is 0. The van der Waals surface area contributed by atoms with Crippen LogP contribution in [0.15, 0.2) is 22.6 Å². The highest BCUT2D eigenvalue weighted by Crippen LogP contribution is 2.23. The third kappa shape index (κ3) is 2.08. The van der Waals surface area contributed by atoms with E-state index in [-0.39, 0.29) is 11.6 Å². The first-order chi connectivity index (χ1) is 8.40. The molecule has 2 nitrogen and oxygen atoms in total. The molecule has 0 amide bonds. The second kappa shape index (κ2) is 4.41. The van der Waals surface area contributed by atoms with E-state index >= 15 is 0 Å². The summed E-state index contributed by atoms with van der Waals surface area (Å²) in [5.41, 5.74) is 2.40. The van der Waals surface area contributed by atoms with E-state index in [4.69, 9.17) is 4.42 Å². The van der Waals surface area contributed by atoms with Crippen molar-refractivity contribution < 1.29 is 13.6 Å². The molecule has 0 aliphatic rings. The highest BCUT2D eigenvalue weighted by Gasteiger charge is 2.19. The fourth-order valence-electron chi connectivity index (χ4n) is 2.26. The SMILES string of the molecule is Cc1cc(C(=O)c2c(C)cc(F)cc2C)c(C)o1. The summed E-state index contributed by atoms with van der Waals surface area (Å²) in [6, 6.07) is 4.48. The van der Waals surface area contributed by atoms with Crippen LogP contribution in [0, 0.1) is 33.5 Å². The molecule has 2 rings (SSSR count). The second-order valence-corrected chi connectivity index (χ2v) is 4.57. The molecule has 0 atom stereocenters. The number of carbonyl (C=O) groups excluding carboxylic acids is 1. The fraction of sp³-hybridized carbons (Fsp3) is 0.267. The van der Waals surface area contributed by atoms with Crippen LogP contribution in [0.3, 0.4) is 0 Å². The molecule has 3 heteroatoms. The maximum atomic E-state index is 13.2. The number of halogens is 1. The smallest absolute Gasteiger partial charge is 0.197 e. The molecule has 0 saturated carbocycles. The summed E-state index contributed by atoms with van der Waals surface area (Å²) in [4.78, 5) is 12.5. The van der Waals surface area contributed by atoms with Crippen LogP contribution in [0.1, 0.15) is 38.6 Å². The van der Waals surface area contributed by atoms with Crippen molar-refractivity contribution in [2.45, 2.75) is 27.7 Å². The largest absolute Gasteiger partial charge is 0.466 e. The molecule has 0 N–H and O–H groups in total. The molecule has 94 valence electrons. The number of furan rings is 1. The summed E-state index contributed by atoms with van der Waals surface area (Å²) in [7, 11) is 0. The van der Waals surface area contributed by atoms with Gasteiger partial charge in [-0.05, 0) is 57.0 Å². The molecule has 0 aliphatic carbocycles. The molecule has 0 aliphatic heterocycles. The first kappa shape index (κ1) is 12.6. The van der Waals surface area contributed by atoms with Gasteiger partial charge in [-0.15, -0.1) is 0 Å². The average Bonchev–Trinajstić information content (AvgIpc) is 2.56.